The minimum absolute atomic E-state index is 0.0337. The third-order valence-electron chi connectivity index (χ3n) is 2.77. The molecule has 1 aromatic carbocycles. The van der Waals surface area contributed by atoms with E-state index in [4.69, 9.17) is 0 Å². The van der Waals surface area contributed by atoms with Crippen molar-refractivity contribution >= 4 is 26.0 Å². The van der Waals surface area contributed by atoms with Crippen molar-refractivity contribution in [2.75, 3.05) is 11.9 Å². The Morgan fingerprint density at radius 3 is 2.39 bits per heavy atom. The van der Waals surface area contributed by atoms with E-state index in [9.17, 15) is 8.42 Å². The summed E-state index contributed by atoms with van der Waals surface area (Å²) in [5.74, 6) is 0. The molecule has 0 fully saturated rings. The van der Waals surface area contributed by atoms with E-state index in [0.717, 1.165) is 17.3 Å². The van der Waals surface area contributed by atoms with Crippen LogP contribution in [0.5, 0.6) is 0 Å². The molecule has 0 radical (unpaired) electrons. The van der Waals surface area contributed by atoms with Crippen LogP contribution >= 0.6 is 15.9 Å². The van der Waals surface area contributed by atoms with Crippen molar-refractivity contribution in [1.29, 1.82) is 0 Å². The number of alkyl halides is 1. The maximum absolute atomic E-state index is 12.6. The van der Waals surface area contributed by atoms with Crippen molar-refractivity contribution in [3.8, 4) is 0 Å². The van der Waals surface area contributed by atoms with Crippen molar-refractivity contribution in [3.05, 3.63) is 29.8 Å². The molecule has 0 unspecified atom stereocenters. The summed E-state index contributed by atoms with van der Waals surface area (Å²) in [6, 6.07) is 7.09. The molecule has 0 atom stereocenters. The smallest absolute Gasteiger partial charge is 0.207 e. The zero-order chi connectivity index (χ0) is 13.8. The number of hydrogen-bond acceptors (Lipinski definition) is 2. The van der Waals surface area contributed by atoms with Gasteiger partial charge in [0.15, 0.2) is 0 Å². The molecule has 0 heterocycles. The predicted molar refractivity (Wildman–Crippen MR) is 78.6 cm³/mol. The standard InChI is InChI=1S/C13H20BrNO2S/c1-11(2)15(10-6-9-14)18(16,17)13-8-5-4-7-12(13)3/h4-5,7-8,11H,6,9-10H2,1-3H3. The average molecular weight is 334 g/mol. The van der Waals surface area contributed by atoms with Crippen molar-refractivity contribution in [1.82, 2.24) is 4.31 Å². The summed E-state index contributed by atoms with van der Waals surface area (Å²) >= 11 is 3.34. The Kier molecular flexibility index (Phi) is 5.82. The van der Waals surface area contributed by atoms with E-state index >= 15 is 0 Å². The highest BCUT2D eigenvalue weighted by Crippen LogP contribution is 2.21. The average Bonchev–Trinajstić information content (AvgIpc) is 2.29. The Morgan fingerprint density at radius 1 is 1.28 bits per heavy atom. The van der Waals surface area contributed by atoms with Crippen LogP contribution < -0.4 is 0 Å². The summed E-state index contributed by atoms with van der Waals surface area (Å²) in [5.41, 5.74) is 0.794. The van der Waals surface area contributed by atoms with Crippen LogP contribution in [0.25, 0.3) is 0 Å². The number of rotatable bonds is 6. The topological polar surface area (TPSA) is 37.4 Å². The highest BCUT2D eigenvalue weighted by molar-refractivity contribution is 9.09. The Morgan fingerprint density at radius 2 is 1.89 bits per heavy atom. The lowest BCUT2D eigenvalue weighted by Crippen LogP contribution is -2.38. The second-order valence-corrected chi connectivity index (χ2v) is 7.17. The van der Waals surface area contributed by atoms with Crippen LogP contribution in [0.15, 0.2) is 29.2 Å². The van der Waals surface area contributed by atoms with Crippen LogP contribution in [0.1, 0.15) is 25.8 Å². The first kappa shape index (κ1) is 15.7. The molecule has 0 amide bonds. The van der Waals surface area contributed by atoms with E-state index in [1.54, 1.807) is 16.4 Å². The van der Waals surface area contributed by atoms with Gasteiger partial charge >= 0.3 is 0 Å². The quantitative estimate of drug-likeness (QED) is 0.750. The zero-order valence-corrected chi connectivity index (χ0v) is 13.5. The minimum Gasteiger partial charge on any atom is -0.207 e. The fraction of sp³-hybridized carbons (Fsp3) is 0.538. The summed E-state index contributed by atoms with van der Waals surface area (Å²) in [6.07, 6.45) is 0.809. The first-order chi connectivity index (χ1) is 8.41. The second kappa shape index (κ2) is 6.68. The highest BCUT2D eigenvalue weighted by Gasteiger charge is 2.27. The van der Waals surface area contributed by atoms with Gasteiger partial charge in [-0.05, 0) is 38.8 Å². The number of benzene rings is 1. The first-order valence-corrected chi connectivity index (χ1v) is 8.61. The lowest BCUT2D eigenvalue weighted by atomic mass is 10.2. The van der Waals surface area contributed by atoms with Gasteiger partial charge in [-0.3, -0.25) is 0 Å². The molecule has 0 bridgehead atoms. The fourth-order valence-electron chi connectivity index (χ4n) is 1.84. The molecule has 0 saturated heterocycles. The summed E-state index contributed by atoms with van der Waals surface area (Å²) in [5, 5.41) is 0.805. The van der Waals surface area contributed by atoms with Crippen LogP contribution in [0.2, 0.25) is 0 Å². The third-order valence-corrected chi connectivity index (χ3v) is 5.56. The summed E-state index contributed by atoms with van der Waals surface area (Å²) in [6.45, 7) is 6.18. The van der Waals surface area contributed by atoms with Gasteiger partial charge in [-0.1, -0.05) is 34.1 Å². The van der Waals surface area contributed by atoms with Gasteiger partial charge in [0.25, 0.3) is 0 Å². The summed E-state index contributed by atoms with van der Waals surface area (Å²) in [4.78, 5) is 0.410. The molecular weight excluding hydrogens is 314 g/mol. The molecule has 0 aliphatic heterocycles. The molecule has 0 aliphatic carbocycles. The number of sulfonamides is 1. The lowest BCUT2D eigenvalue weighted by molar-refractivity contribution is 0.355. The van der Waals surface area contributed by atoms with Crippen LogP contribution in [-0.4, -0.2) is 30.6 Å². The maximum Gasteiger partial charge on any atom is 0.243 e. The van der Waals surface area contributed by atoms with Crippen LogP contribution in [-0.2, 0) is 10.0 Å². The van der Waals surface area contributed by atoms with Gasteiger partial charge in [0.2, 0.25) is 10.0 Å². The predicted octanol–water partition coefficient (Wildman–Crippen LogP) is 3.18. The van der Waals surface area contributed by atoms with Crippen LogP contribution in [0, 0.1) is 6.92 Å². The van der Waals surface area contributed by atoms with Crippen molar-refractivity contribution < 1.29 is 8.42 Å². The van der Waals surface area contributed by atoms with Gasteiger partial charge in [-0.25, -0.2) is 8.42 Å². The molecular formula is C13H20BrNO2S. The van der Waals surface area contributed by atoms with Crippen molar-refractivity contribution in [2.24, 2.45) is 0 Å². The Balaban J connectivity index is 3.14. The molecule has 0 aromatic heterocycles. The fourth-order valence-corrected chi connectivity index (χ4v) is 4.00. The van der Waals surface area contributed by atoms with E-state index in [0.29, 0.717) is 11.4 Å². The SMILES string of the molecule is Cc1ccccc1S(=O)(=O)N(CCCBr)C(C)C. The van der Waals surface area contributed by atoms with Crippen molar-refractivity contribution in [3.63, 3.8) is 0 Å². The highest BCUT2D eigenvalue weighted by atomic mass is 79.9. The van der Waals surface area contributed by atoms with Crippen LogP contribution in [0.4, 0.5) is 0 Å². The molecule has 0 aliphatic rings. The maximum atomic E-state index is 12.6. The number of halogens is 1. The van der Waals surface area contributed by atoms with E-state index in [2.05, 4.69) is 15.9 Å². The molecule has 0 saturated carbocycles. The van der Waals surface area contributed by atoms with Gasteiger partial charge < -0.3 is 0 Å². The van der Waals surface area contributed by atoms with Gasteiger partial charge in [-0.15, -0.1) is 0 Å². The largest absolute Gasteiger partial charge is 0.243 e. The van der Waals surface area contributed by atoms with Gasteiger partial charge in [0.05, 0.1) is 4.90 Å². The molecule has 1 aromatic rings. The number of hydrogen-bond donors (Lipinski definition) is 0. The van der Waals surface area contributed by atoms with E-state index < -0.39 is 10.0 Å². The van der Waals surface area contributed by atoms with Gasteiger partial charge in [0.1, 0.15) is 0 Å². The molecule has 18 heavy (non-hydrogen) atoms. The monoisotopic (exact) mass is 333 g/mol. The third kappa shape index (κ3) is 3.56. The molecule has 3 nitrogen and oxygen atoms in total. The van der Waals surface area contributed by atoms with E-state index in [-0.39, 0.29) is 6.04 Å². The first-order valence-electron chi connectivity index (χ1n) is 6.04. The normalized spacial score (nSPS) is 12.3. The van der Waals surface area contributed by atoms with Crippen molar-refractivity contribution in [2.45, 2.75) is 38.1 Å². The molecule has 0 N–H and O–H groups in total. The van der Waals surface area contributed by atoms with E-state index in [1.807, 2.05) is 32.9 Å². The number of nitrogens with zero attached hydrogens (tertiary/aromatic N) is 1. The summed E-state index contributed by atoms with van der Waals surface area (Å²) < 4.78 is 26.8. The molecule has 1 rings (SSSR count). The number of aryl methyl sites for hydroxylation is 1. The molecule has 102 valence electrons. The summed E-state index contributed by atoms with van der Waals surface area (Å²) in [7, 11) is -3.39. The Bertz CT molecular complexity index is 486. The molecule has 5 heteroatoms. The lowest BCUT2D eigenvalue weighted by Gasteiger charge is -2.26. The van der Waals surface area contributed by atoms with Gasteiger partial charge in [-0.2, -0.15) is 4.31 Å². The second-order valence-electron chi connectivity index (χ2n) is 4.52. The van der Waals surface area contributed by atoms with E-state index in [1.165, 1.54) is 0 Å². The van der Waals surface area contributed by atoms with Crippen LogP contribution in [0.3, 0.4) is 0 Å². The minimum atomic E-state index is -3.39. The zero-order valence-electron chi connectivity index (χ0n) is 11.1. The molecule has 0 spiro atoms. The van der Waals surface area contributed by atoms with Gasteiger partial charge in [0, 0.05) is 17.9 Å². The Labute approximate surface area is 118 Å². The Hall–Kier alpha value is -0.390.